The molecule has 2 aromatic rings. The number of nitrogens with one attached hydrogen (secondary N) is 1. The summed E-state index contributed by atoms with van der Waals surface area (Å²) in [6, 6.07) is 12.9. The Morgan fingerprint density at radius 3 is 2.73 bits per heavy atom. The lowest BCUT2D eigenvalue weighted by Crippen LogP contribution is -2.50. The number of pyridine rings is 1. The number of ketones is 1. The van der Waals surface area contributed by atoms with Crippen LogP contribution in [-0.2, 0) is 15.0 Å². The van der Waals surface area contributed by atoms with Crippen molar-refractivity contribution in [2.75, 3.05) is 10.2 Å². The van der Waals surface area contributed by atoms with Crippen molar-refractivity contribution in [2.45, 2.75) is 24.7 Å². The van der Waals surface area contributed by atoms with E-state index in [0.29, 0.717) is 47.6 Å². The molecule has 0 saturated carbocycles. The van der Waals surface area contributed by atoms with Crippen molar-refractivity contribution < 1.29 is 9.59 Å². The Labute approximate surface area is 181 Å². The van der Waals surface area contributed by atoms with Crippen molar-refractivity contribution in [3.05, 3.63) is 75.3 Å². The maximum atomic E-state index is 13.4. The van der Waals surface area contributed by atoms with Gasteiger partial charge >= 0.3 is 0 Å². The Morgan fingerprint density at radius 2 is 2.00 bits per heavy atom. The Kier molecular flexibility index (Phi) is 4.05. The normalized spacial score (nSPS) is 22.7. The number of rotatable bonds is 1. The number of allylic oxidation sites excluding steroid dienone is 1. The molecule has 0 saturated heterocycles. The molecule has 1 aliphatic carbocycles. The van der Waals surface area contributed by atoms with E-state index in [1.807, 2.05) is 6.07 Å². The molecule has 1 amide bonds. The van der Waals surface area contributed by atoms with Gasteiger partial charge in [0, 0.05) is 39.6 Å². The van der Waals surface area contributed by atoms with Gasteiger partial charge in [-0.3, -0.25) is 14.5 Å². The van der Waals surface area contributed by atoms with Gasteiger partial charge in [-0.25, -0.2) is 4.98 Å². The maximum absolute atomic E-state index is 13.4. The number of nitrogens with zero attached hydrogens (tertiary/aromatic N) is 3. The SMILES string of the molecule is N#CC1=C(N)N(c2ccc(Br)cn2)C2=C(C(=O)CCC2)[C@]12C(=O)Nc1ccccc12. The predicted octanol–water partition coefficient (Wildman–Crippen LogP) is 3.26. The van der Waals surface area contributed by atoms with Crippen LogP contribution in [0.5, 0.6) is 0 Å². The average molecular weight is 462 g/mol. The minimum Gasteiger partial charge on any atom is -0.384 e. The van der Waals surface area contributed by atoms with Gasteiger partial charge in [-0.1, -0.05) is 18.2 Å². The fourth-order valence-electron chi connectivity index (χ4n) is 4.71. The van der Waals surface area contributed by atoms with E-state index in [2.05, 4.69) is 32.3 Å². The van der Waals surface area contributed by atoms with Crippen LogP contribution in [0.2, 0.25) is 0 Å². The molecule has 1 aromatic heterocycles. The third-order valence-corrected chi connectivity index (χ3v) is 6.34. The second-order valence-electron chi connectivity index (χ2n) is 7.39. The van der Waals surface area contributed by atoms with E-state index < -0.39 is 11.3 Å². The number of aromatic nitrogens is 1. The Hall–Kier alpha value is -3.44. The first-order valence-corrected chi connectivity index (χ1v) is 10.3. The summed E-state index contributed by atoms with van der Waals surface area (Å²) in [6.45, 7) is 0. The highest BCUT2D eigenvalue weighted by atomic mass is 79.9. The minimum atomic E-state index is -1.53. The molecule has 0 fully saturated rings. The minimum absolute atomic E-state index is 0.0451. The monoisotopic (exact) mass is 461 g/mol. The summed E-state index contributed by atoms with van der Waals surface area (Å²) in [5.74, 6) is 0.0413. The van der Waals surface area contributed by atoms with E-state index in [9.17, 15) is 14.9 Å². The van der Waals surface area contributed by atoms with Crippen LogP contribution in [0.25, 0.3) is 0 Å². The van der Waals surface area contributed by atoms with Crippen LogP contribution < -0.4 is 16.0 Å². The molecule has 0 unspecified atom stereocenters. The molecule has 30 heavy (non-hydrogen) atoms. The zero-order valence-corrected chi connectivity index (χ0v) is 17.4. The molecule has 8 heteroatoms. The van der Waals surface area contributed by atoms with Crippen LogP contribution in [0.3, 0.4) is 0 Å². The van der Waals surface area contributed by atoms with Gasteiger partial charge in [-0.2, -0.15) is 5.26 Å². The van der Waals surface area contributed by atoms with E-state index in [-0.39, 0.29) is 17.2 Å². The van der Waals surface area contributed by atoms with Crippen molar-refractivity contribution in [2.24, 2.45) is 5.73 Å². The van der Waals surface area contributed by atoms with Crippen LogP contribution in [0.1, 0.15) is 24.8 Å². The first-order chi connectivity index (χ1) is 14.5. The standard InChI is InChI=1S/C22H16BrN5O2/c23-12-8-9-18(26-11-12)28-16-6-3-7-17(29)19(16)22(14(10-24)20(28)25)13-4-1-2-5-15(13)27-21(22)30/h1-2,4-5,8-9,11H,3,6-7,25H2,(H,27,30)/t22-/m1/s1. The average Bonchev–Trinajstić information content (AvgIpc) is 3.02. The summed E-state index contributed by atoms with van der Waals surface area (Å²) in [5.41, 5.74) is 7.17. The summed E-state index contributed by atoms with van der Waals surface area (Å²) in [5, 5.41) is 13.0. The molecule has 0 bridgehead atoms. The molecule has 148 valence electrons. The number of Topliss-reactive ketones (excluding diaryl/α,β-unsaturated/α-hetero) is 1. The molecule has 5 rings (SSSR count). The van der Waals surface area contributed by atoms with Gasteiger partial charge < -0.3 is 11.1 Å². The van der Waals surface area contributed by atoms with Crippen molar-refractivity contribution in [3.8, 4) is 6.07 Å². The zero-order valence-electron chi connectivity index (χ0n) is 15.8. The van der Waals surface area contributed by atoms with Gasteiger partial charge in [0.1, 0.15) is 23.1 Å². The number of halogens is 1. The van der Waals surface area contributed by atoms with Crippen molar-refractivity contribution in [1.29, 1.82) is 5.26 Å². The highest BCUT2D eigenvalue weighted by molar-refractivity contribution is 9.10. The van der Waals surface area contributed by atoms with Crippen LogP contribution in [0.4, 0.5) is 11.5 Å². The summed E-state index contributed by atoms with van der Waals surface area (Å²) in [6.07, 6.45) is 3.13. The Balaban J connectivity index is 1.87. The number of hydrogen-bond donors (Lipinski definition) is 2. The third-order valence-electron chi connectivity index (χ3n) is 5.87. The molecule has 3 N–H and O–H groups in total. The largest absolute Gasteiger partial charge is 0.384 e. The van der Waals surface area contributed by atoms with Gasteiger partial charge in [0.2, 0.25) is 5.91 Å². The highest BCUT2D eigenvalue weighted by Crippen LogP contribution is 2.54. The first kappa shape index (κ1) is 18.6. The number of carbonyl (C=O) groups is 2. The molecule has 7 nitrogen and oxygen atoms in total. The lowest BCUT2D eigenvalue weighted by atomic mass is 9.64. The smallest absolute Gasteiger partial charge is 0.245 e. The van der Waals surface area contributed by atoms with Crippen LogP contribution in [-0.4, -0.2) is 16.7 Å². The molecule has 3 heterocycles. The Bertz CT molecular complexity index is 1220. The van der Waals surface area contributed by atoms with E-state index in [1.165, 1.54) is 0 Å². The third kappa shape index (κ3) is 2.27. The van der Waals surface area contributed by atoms with Gasteiger partial charge in [-0.05, 0) is 47.0 Å². The van der Waals surface area contributed by atoms with E-state index in [0.717, 1.165) is 4.47 Å². The zero-order chi connectivity index (χ0) is 21.0. The van der Waals surface area contributed by atoms with Crippen LogP contribution in [0, 0.1) is 11.3 Å². The summed E-state index contributed by atoms with van der Waals surface area (Å²) < 4.78 is 0.792. The van der Waals surface area contributed by atoms with E-state index in [1.54, 1.807) is 41.4 Å². The number of benzene rings is 1. The number of hydrogen-bond acceptors (Lipinski definition) is 6. The van der Waals surface area contributed by atoms with Gasteiger partial charge in [0.05, 0.1) is 5.57 Å². The molecular weight excluding hydrogens is 446 g/mol. The molecule has 3 aliphatic rings. The topological polar surface area (TPSA) is 112 Å². The molecule has 1 spiro atoms. The molecule has 0 radical (unpaired) electrons. The fourth-order valence-corrected chi connectivity index (χ4v) is 4.94. The highest BCUT2D eigenvalue weighted by Gasteiger charge is 2.60. The van der Waals surface area contributed by atoms with Crippen LogP contribution >= 0.6 is 15.9 Å². The van der Waals surface area contributed by atoms with E-state index >= 15 is 0 Å². The molecule has 1 aromatic carbocycles. The number of fused-ring (bicyclic) bond motifs is 3. The van der Waals surface area contributed by atoms with Gasteiger partial charge in [0.15, 0.2) is 5.78 Å². The predicted molar refractivity (Wildman–Crippen MR) is 114 cm³/mol. The number of carbonyl (C=O) groups excluding carboxylic acids is 2. The lowest BCUT2D eigenvalue weighted by Gasteiger charge is -2.43. The number of nitrogens with two attached hydrogens (primary N) is 1. The summed E-state index contributed by atoms with van der Waals surface area (Å²) in [7, 11) is 0. The van der Waals surface area contributed by atoms with Gasteiger partial charge in [0.25, 0.3) is 0 Å². The fraction of sp³-hybridized carbons (Fsp3) is 0.182. The number of amides is 1. The summed E-state index contributed by atoms with van der Waals surface area (Å²) >= 11 is 3.37. The van der Waals surface area contributed by atoms with Crippen molar-refractivity contribution >= 4 is 39.1 Å². The van der Waals surface area contributed by atoms with Crippen molar-refractivity contribution in [3.63, 3.8) is 0 Å². The van der Waals surface area contributed by atoms with E-state index in [4.69, 9.17) is 5.73 Å². The van der Waals surface area contributed by atoms with Crippen molar-refractivity contribution in [1.82, 2.24) is 4.98 Å². The number of anilines is 2. The second kappa shape index (κ2) is 6.54. The number of para-hydroxylation sites is 1. The lowest BCUT2D eigenvalue weighted by molar-refractivity contribution is -0.122. The molecule has 1 atom stereocenters. The first-order valence-electron chi connectivity index (χ1n) is 9.50. The summed E-state index contributed by atoms with van der Waals surface area (Å²) in [4.78, 5) is 32.8. The Morgan fingerprint density at radius 1 is 1.20 bits per heavy atom. The molecular formula is C22H16BrN5O2. The van der Waals surface area contributed by atoms with Gasteiger partial charge in [-0.15, -0.1) is 0 Å². The quantitative estimate of drug-likeness (QED) is 0.673. The maximum Gasteiger partial charge on any atom is 0.245 e. The second-order valence-corrected chi connectivity index (χ2v) is 8.31. The number of nitriles is 1. The molecule has 2 aliphatic heterocycles. The van der Waals surface area contributed by atoms with Crippen LogP contribution in [0.15, 0.2) is 69.7 Å².